The van der Waals surface area contributed by atoms with Crippen molar-refractivity contribution in [3.63, 3.8) is 0 Å². The third-order valence-electron chi connectivity index (χ3n) is 3.60. The second-order valence-electron chi connectivity index (χ2n) is 4.87. The lowest BCUT2D eigenvalue weighted by atomic mass is 10.0. The van der Waals surface area contributed by atoms with Gasteiger partial charge in [-0.05, 0) is 43.6 Å². The van der Waals surface area contributed by atoms with Gasteiger partial charge in [-0.1, -0.05) is 28.9 Å². The van der Waals surface area contributed by atoms with Crippen LogP contribution in [0, 0.1) is 5.92 Å². The van der Waals surface area contributed by atoms with E-state index < -0.39 is 0 Å². The van der Waals surface area contributed by atoms with Gasteiger partial charge in [0.15, 0.2) is 0 Å². The molecule has 0 saturated carbocycles. The maximum Gasteiger partial charge on any atom is 0.120 e. The maximum absolute atomic E-state index is 6.22. The quantitative estimate of drug-likeness (QED) is 0.908. The highest BCUT2D eigenvalue weighted by Gasteiger charge is 2.26. The molecule has 100 valence electrons. The molecule has 4 heteroatoms. The summed E-state index contributed by atoms with van der Waals surface area (Å²) in [7, 11) is 0. The van der Waals surface area contributed by atoms with Gasteiger partial charge < -0.3 is 15.4 Å². The Labute approximate surface area is 117 Å². The van der Waals surface area contributed by atoms with Gasteiger partial charge >= 0.3 is 0 Å². The zero-order chi connectivity index (χ0) is 13.0. The van der Waals surface area contributed by atoms with Crippen molar-refractivity contribution in [1.29, 1.82) is 0 Å². The van der Waals surface area contributed by atoms with E-state index in [-0.39, 0.29) is 6.04 Å². The number of halogens is 1. The Hall–Kier alpha value is -0.580. The SMILES string of the molecule is CCN1CCC(C(N)COc2cccc(Br)c2)C1. The van der Waals surface area contributed by atoms with Crippen LogP contribution in [0.4, 0.5) is 0 Å². The smallest absolute Gasteiger partial charge is 0.120 e. The standard InChI is InChI=1S/C14H21BrN2O/c1-2-17-7-6-11(9-17)14(16)10-18-13-5-3-4-12(15)8-13/h3-5,8,11,14H,2,6-7,9-10,16H2,1H3. The Balaban J connectivity index is 1.80. The Bertz CT molecular complexity index is 386. The average Bonchev–Trinajstić information content (AvgIpc) is 2.85. The largest absolute Gasteiger partial charge is 0.492 e. The van der Waals surface area contributed by atoms with E-state index in [1.54, 1.807) is 0 Å². The van der Waals surface area contributed by atoms with Crippen molar-refractivity contribution in [3.05, 3.63) is 28.7 Å². The molecule has 0 amide bonds. The number of nitrogens with zero attached hydrogens (tertiary/aromatic N) is 1. The van der Waals surface area contributed by atoms with Gasteiger partial charge in [-0.25, -0.2) is 0 Å². The molecule has 1 aliphatic heterocycles. The van der Waals surface area contributed by atoms with E-state index in [4.69, 9.17) is 10.5 Å². The lowest BCUT2D eigenvalue weighted by Crippen LogP contribution is -2.37. The minimum atomic E-state index is 0.125. The van der Waals surface area contributed by atoms with E-state index in [0.717, 1.165) is 23.3 Å². The maximum atomic E-state index is 6.22. The van der Waals surface area contributed by atoms with Crippen LogP contribution < -0.4 is 10.5 Å². The predicted octanol–water partition coefficient (Wildman–Crippen LogP) is 2.50. The fraction of sp³-hybridized carbons (Fsp3) is 0.571. The highest BCUT2D eigenvalue weighted by Crippen LogP contribution is 2.21. The van der Waals surface area contributed by atoms with Crippen molar-refractivity contribution < 1.29 is 4.74 Å². The number of ether oxygens (including phenoxy) is 1. The molecule has 1 fully saturated rings. The van der Waals surface area contributed by atoms with E-state index in [9.17, 15) is 0 Å². The van der Waals surface area contributed by atoms with Gasteiger partial charge in [0, 0.05) is 17.1 Å². The number of likely N-dealkylation sites (tertiary alicyclic amines) is 1. The van der Waals surface area contributed by atoms with E-state index in [1.807, 2.05) is 24.3 Å². The van der Waals surface area contributed by atoms with E-state index >= 15 is 0 Å². The highest BCUT2D eigenvalue weighted by molar-refractivity contribution is 9.10. The number of hydrogen-bond acceptors (Lipinski definition) is 3. The number of hydrogen-bond donors (Lipinski definition) is 1. The zero-order valence-corrected chi connectivity index (χ0v) is 12.4. The first-order valence-corrected chi connectivity index (χ1v) is 7.34. The molecule has 3 nitrogen and oxygen atoms in total. The van der Waals surface area contributed by atoms with Crippen molar-refractivity contribution in [2.75, 3.05) is 26.2 Å². The molecule has 2 atom stereocenters. The molecule has 1 saturated heterocycles. The summed E-state index contributed by atoms with van der Waals surface area (Å²) < 4.78 is 6.79. The molecule has 0 aromatic heterocycles. The van der Waals surface area contributed by atoms with Crippen LogP contribution in [0.15, 0.2) is 28.7 Å². The molecule has 0 spiro atoms. The molecule has 18 heavy (non-hydrogen) atoms. The Morgan fingerprint density at radius 1 is 1.56 bits per heavy atom. The van der Waals surface area contributed by atoms with Gasteiger partial charge in [-0.15, -0.1) is 0 Å². The lowest BCUT2D eigenvalue weighted by molar-refractivity contribution is 0.241. The van der Waals surface area contributed by atoms with Crippen LogP contribution in [0.25, 0.3) is 0 Å². The van der Waals surface area contributed by atoms with Gasteiger partial charge in [-0.3, -0.25) is 0 Å². The fourth-order valence-corrected chi connectivity index (χ4v) is 2.76. The molecule has 1 heterocycles. The van der Waals surface area contributed by atoms with Crippen LogP contribution in [0.2, 0.25) is 0 Å². The van der Waals surface area contributed by atoms with Crippen LogP contribution in [0.1, 0.15) is 13.3 Å². The summed E-state index contributed by atoms with van der Waals surface area (Å²) >= 11 is 3.43. The normalized spacial score (nSPS) is 22.1. The monoisotopic (exact) mass is 312 g/mol. The van der Waals surface area contributed by atoms with Crippen LogP contribution >= 0.6 is 15.9 Å². The second kappa shape index (κ2) is 6.55. The number of nitrogens with two attached hydrogens (primary N) is 1. The van der Waals surface area contributed by atoms with Crippen molar-refractivity contribution in [1.82, 2.24) is 4.90 Å². The molecule has 2 rings (SSSR count). The molecule has 2 unspecified atom stereocenters. The Morgan fingerprint density at radius 2 is 2.39 bits per heavy atom. The summed E-state index contributed by atoms with van der Waals surface area (Å²) in [4.78, 5) is 2.45. The topological polar surface area (TPSA) is 38.5 Å². The van der Waals surface area contributed by atoms with Crippen LogP contribution in [0.3, 0.4) is 0 Å². The minimum absolute atomic E-state index is 0.125. The average molecular weight is 313 g/mol. The molecular weight excluding hydrogens is 292 g/mol. The van der Waals surface area contributed by atoms with Crippen LogP contribution in [0.5, 0.6) is 5.75 Å². The number of benzene rings is 1. The minimum Gasteiger partial charge on any atom is -0.492 e. The zero-order valence-electron chi connectivity index (χ0n) is 10.8. The summed E-state index contributed by atoms with van der Waals surface area (Å²) in [6.45, 7) is 6.20. The van der Waals surface area contributed by atoms with Gasteiger partial charge in [0.25, 0.3) is 0 Å². The molecule has 1 aromatic rings. The van der Waals surface area contributed by atoms with Gasteiger partial charge in [-0.2, -0.15) is 0 Å². The fourth-order valence-electron chi connectivity index (χ4n) is 2.38. The lowest BCUT2D eigenvalue weighted by Gasteiger charge is -2.20. The summed E-state index contributed by atoms with van der Waals surface area (Å²) in [5, 5.41) is 0. The Morgan fingerprint density at radius 3 is 3.06 bits per heavy atom. The van der Waals surface area contributed by atoms with E-state index in [0.29, 0.717) is 12.5 Å². The van der Waals surface area contributed by atoms with Crippen molar-refractivity contribution in [2.45, 2.75) is 19.4 Å². The first-order valence-electron chi connectivity index (χ1n) is 6.55. The molecular formula is C14H21BrN2O. The highest BCUT2D eigenvalue weighted by atomic mass is 79.9. The molecule has 2 N–H and O–H groups in total. The summed E-state index contributed by atoms with van der Waals surface area (Å²) in [6, 6.07) is 8.02. The van der Waals surface area contributed by atoms with Gasteiger partial charge in [0.2, 0.25) is 0 Å². The van der Waals surface area contributed by atoms with Crippen LogP contribution in [-0.2, 0) is 0 Å². The Kier molecular flexibility index (Phi) is 5.03. The third kappa shape index (κ3) is 3.70. The summed E-state index contributed by atoms with van der Waals surface area (Å²) in [6.07, 6.45) is 1.19. The second-order valence-corrected chi connectivity index (χ2v) is 5.79. The first-order chi connectivity index (χ1) is 8.69. The summed E-state index contributed by atoms with van der Waals surface area (Å²) in [5.41, 5.74) is 6.22. The molecule has 0 aliphatic carbocycles. The van der Waals surface area contributed by atoms with E-state index in [1.165, 1.54) is 13.0 Å². The predicted molar refractivity (Wildman–Crippen MR) is 77.8 cm³/mol. The molecule has 1 aliphatic rings. The van der Waals surface area contributed by atoms with Gasteiger partial charge in [0.05, 0.1) is 0 Å². The third-order valence-corrected chi connectivity index (χ3v) is 4.09. The molecule has 1 aromatic carbocycles. The summed E-state index contributed by atoms with van der Waals surface area (Å²) in [5.74, 6) is 1.45. The first kappa shape index (κ1) is 13.8. The van der Waals surface area contributed by atoms with Crippen molar-refractivity contribution in [3.8, 4) is 5.75 Å². The van der Waals surface area contributed by atoms with Gasteiger partial charge in [0.1, 0.15) is 12.4 Å². The molecule has 0 bridgehead atoms. The van der Waals surface area contributed by atoms with Crippen molar-refractivity contribution >= 4 is 15.9 Å². The van der Waals surface area contributed by atoms with Crippen molar-refractivity contribution in [2.24, 2.45) is 11.7 Å². The van der Waals surface area contributed by atoms with Crippen LogP contribution in [-0.4, -0.2) is 37.2 Å². The van der Waals surface area contributed by atoms with E-state index in [2.05, 4.69) is 27.8 Å². The number of rotatable bonds is 5. The molecule has 0 radical (unpaired) electrons.